The van der Waals surface area contributed by atoms with E-state index in [-0.39, 0.29) is 5.92 Å². The van der Waals surface area contributed by atoms with Gasteiger partial charge in [-0.3, -0.25) is 0 Å². The first kappa shape index (κ1) is 19.8. The molecule has 0 aliphatic rings. The van der Waals surface area contributed by atoms with Crippen molar-refractivity contribution in [3.05, 3.63) is 29.3 Å². The normalized spacial score (nSPS) is 16.3. The quantitative estimate of drug-likeness (QED) is 0.793. The zero-order valence-corrected chi connectivity index (χ0v) is 13.9. The van der Waals surface area contributed by atoms with Crippen molar-refractivity contribution in [1.29, 1.82) is 0 Å². The number of hydrogen-bond donors (Lipinski definition) is 2. The molecule has 0 saturated heterocycles. The maximum Gasteiger partial charge on any atom is 0.419 e. The number of aliphatic hydroxyl groups is 2. The molecular formula is C17H25F3O3. The third-order valence-corrected chi connectivity index (χ3v) is 4.23. The summed E-state index contributed by atoms with van der Waals surface area (Å²) in [4.78, 5) is 0. The zero-order chi connectivity index (χ0) is 17.8. The fourth-order valence-corrected chi connectivity index (χ4v) is 2.58. The van der Waals surface area contributed by atoms with Crippen molar-refractivity contribution in [3.8, 4) is 5.75 Å². The number of aliphatic hydroxyl groups excluding tert-OH is 1. The summed E-state index contributed by atoms with van der Waals surface area (Å²) < 4.78 is 44.4. The smallest absolute Gasteiger partial charge is 0.419 e. The molecule has 2 N–H and O–H groups in total. The van der Waals surface area contributed by atoms with Crippen LogP contribution in [0.4, 0.5) is 13.2 Å². The minimum absolute atomic E-state index is 0.266. The lowest BCUT2D eigenvalue weighted by molar-refractivity contribution is -0.274. The zero-order valence-electron chi connectivity index (χ0n) is 13.9. The number of halogens is 3. The summed E-state index contributed by atoms with van der Waals surface area (Å²) >= 11 is 0. The van der Waals surface area contributed by atoms with E-state index >= 15 is 0 Å². The van der Waals surface area contributed by atoms with Crippen LogP contribution in [-0.2, 0) is 0 Å². The van der Waals surface area contributed by atoms with Gasteiger partial charge in [0.15, 0.2) is 5.60 Å². The van der Waals surface area contributed by atoms with Gasteiger partial charge in [-0.15, -0.1) is 0 Å². The summed E-state index contributed by atoms with van der Waals surface area (Å²) in [6.07, 6.45) is -5.11. The molecule has 0 radical (unpaired) electrons. The van der Waals surface area contributed by atoms with Gasteiger partial charge in [0.1, 0.15) is 5.75 Å². The molecule has 2 unspecified atom stereocenters. The van der Waals surface area contributed by atoms with E-state index in [1.165, 1.54) is 7.11 Å². The van der Waals surface area contributed by atoms with E-state index in [9.17, 15) is 18.3 Å². The summed E-state index contributed by atoms with van der Waals surface area (Å²) in [5.41, 5.74) is -1.49. The van der Waals surface area contributed by atoms with Gasteiger partial charge in [-0.2, -0.15) is 13.2 Å². The summed E-state index contributed by atoms with van der Waals surface area (Å²) in [6, 6.07) is 5.42. The van der Waals surface area contributed by atoms with E-state index in [1.807, 2.05) is 26.0 Å². The Labute approximate surface area is 135 Å². The van der Waals surface area contributed by atoms with Gasteiger partial charge in [0.25, 0.3) is 0 Å². The molecular weight excluding hydrogens is 309 g/mol. The lowest BCUT2D eigenvalue weighted by Crippen LogP contribution is -2.49. The Balaban J connectivity index is 3.20. The van der Waals surface area contributed by atoms with Gasteiger partial charge in [-0.05, 0) is 41.9 Å². The maximum atomic E-state index is 13.0. The maximum absolute atomic E-state index is 13.0. The van der Waals surface area contributed by atoms with Crippen LogP contribution in [0.25, 0.3) is 0 Å². The number of ether oxygens (including phenoxy) is 1. The van der Waals surface area contributed by atoms with Gasteiger partial charge >= 0.3 is 6.18 Å². The highest BCUT2D eigenvalue weighted by Gasteiger charge is 2.54. The second-order valence-corrected chi connectivity index (χ2v) is 6.15. The minimum atomic E-state index is -4.89. The molecule has 132 valence electrons. The standard InChI is InChI=1S/C17H25F3O3/c1-5-12(9-16(22,10-21)17(18,19)20)14-7-6-13(11(2)3)8-15(14)23-4/h6-8,11-12,21-22H,5,9-10H2,1-4H3. The molecule has 23 heavy (non-hydrogen) atoms. The molecule has 0 heterocycles. The molecule has 3 nitrogen and oxygen atoms in total. The molecule has 0 spiro atoms. The number of rotatable bonds is 7. The van der Waals surface area contributed by atoms with Crippen molar-refractivity contribution >= 4 is 0 Å². The van der Waals surface area contributed by atoms with Gasteiger partial charge in [0.05, 0.1) is 13.7 Å². The minimum Gasteiger partial charge on any atom is -0.496 e. The van der Waals surface area contributed by atoms with Crippen LogP contribution in [0, 0.1) is 0 Å². The second kappa shape index (κ2) is 7.53. The van der Waals surface area contributed by atoms with Gasteiger partial charge in [-0.1, -0.05) is 32.9 Å². The van der Waals surface area contributed by atoms with Crippen LogP contribution in [-0.4, -0.2) is 35.7 Å². The predicted octanol–water partition coefficient (Wildman–Crippen LogP) is 3.99. The van der Waals surface area contributed by atoms with Gasteiger partial charge < -0.3 is 14.9 Å². The molecule has 0 aliphatic carbocycles. The number of hydrogen-bond acceptors (Lipinski definition) is 3. The Morgan fingerprint density at radius 3 is 2.22 bits per heavy atom. The lowest BCUT2D eigenvalue weighted by Gasteiger charge is -2.32. The van der Waals surface area contributed by atoms with Crippen molar-refractivity contribution in [3.63, 3.8) is 0 Å². The molecule has 2 atom stereocenters. The van der Waals surface area contributed by atoms with Crippen molar-refractivity contribution < 1.29 is 28.1 Å². The Morgan fingerprint density at radius 2 is 1.83 bits per heavy atom. The third kappa shape index (κ3) is 4.38. The van der Waals surface area contributed by atoms with Crippen LogP contribution in [0.2, 0.25) is 0 Å². The van der Waals surface area contributed by atoms with Crippen LogP contribution in [0.5, 0.6) is 5.75 Å². The molecule has 6 heteroatoms. The topological polar surface area (TPSA) is 49.7 Å². The van der Waals surface area contributed by atoms with E-state index < -0.39 is 30.7 Å². The molecule has 0 fully saturated rings. The Bertz CT molecular complexity index is 514. The second-order valence-electron chi connectivity index (χ2n) is 6.15. The van der Waals surface area contributed by atoms with Gasteiger partial charge in [-0.25, -0.2) is 0 Å². The molecule has 1 aromatic carbocycles. The monoisotopic (exact) mass is 334 g/mol. The van der Waals surface area contributed by atoms with Crippen LogP contribution < -0.4 is 4.74 Å². The largest absolute Gasteiger partial charge is 0.496 e. The Kier molecular flexibility index (Phi) is 6.48. The Morgan fingerprint density at radius 1 is 1.22 bits per heavy atom. The summed E-state index contributed by atoms with van der Waals surface area (Å²) in [5.74, 6) is 0.193. The molecule has 0 aliphatic heterocycles. The molecule has 0 amide bonds. The van der Waals surface area contributed by atoms with Gasteiger partial charge in [0, 0.05) is 0 Å². The molecule has 1 rings (SSSR count). The number of benzene rings is 1. The summed E-state index contributed by atoms with van der Waals surface area (Å²) in [5, 5.41) is 18.9. The molecule has 0 aromatic heterocycles. The number of methoxy groups -OCH3 is 1. The van der Waals surface area contributed by atoms with E-state index in [0.717, 1.165) is 5.56 Å². The van der Waals surface area contributed by atoms with Crippen molar-refractivity contribution in [1.82, 2.24) is 0 Å². The summed E-state index contributed by atoms with van der Waals surface area (Å²) in [6.45, 7) is 4.41. The van der Waals surface area contributed by atoms with E-state index in [1.54, 1.807) is 13.0 Å². The summed E-state index contributed by atoms with van der Waals surface area (Å²) in [7, 11) is 1.47. The molecule has 0 saturated carbocycles. The highest BCUT2D eigenvalue weighted by molar-refractivity contribution is 5.41. The van der Waals surface area contributed by atoms with Gasteiger partial charge in [0.2, 0.25) is 0 Å². The van der Waals surface area contributed by atoms with Crippen LogP contribution in [0.3, 0.4) is 0 Å². The first-order valence-electron chi connectivity index (χ1n) is 7.67. The first-order valence-corrected chi connectivity index (χ1v) is 7.67. The predicted molar refractivity (Wildman–Crippen MR) is 82.8 cm³/mol. The van der Waals surface area contributed by atoms with Crippen molar-refractivity contribution in [2.75, 3.05) is 13.7 Å². The highest BCUT2D eigenvalue weighted by atomic mass is 19.4. The van der Waals surface area contributed by atoms with Crippen LogP contribution in [0.15, 0.2) is 18.2 Å². The lowest BCUT2D eigenvalue weighted by atomic mass is 9.83. The number of alkyl halides is 3. The Hall–Kier alpha value is -1.27. The average molecular weight is 334 g/mol. The fourth-order valence-electron chi connectivity index (χ4n) is 2.58. The van der Waals surface area contributed by atoms with Crippen LogP contribution >= 0.6 is 0 Å². The molecule has 1 aromatic rings. The van der Waals surface area contributed by atoms with Crippen LogP contribution in [0.1, 0.15) is 56.6 Å². The SMILES string of the molecule is CCC(CC(O)(CO)C(F)(F)F)c1ccc(C(C)C)cc1OC. The van der Waals surface area contributed by atoms with E-state index in [0.29, 0.717) is 17.7 Å². The fraction of sp³-hybridized carbons (Fsp3) is 0.647. The molecule has 0 bridgehead atoms. The van der Waals surface area contributed by atoms with E-state index in [2.05, 4.69) is 0 Å². The third-order valence-electron chi connectivity index (χ3n) is 4.23. The van der Waals surface area contributed by atoms with Crippen molar-refractivity contribution in [2.45, 2.75) is 57.2 Å². The first-order chi connectivity index (χ1) is 10.6. The van der Waals surface area contributed by atoms with Crippen molar-refractivity contribution in [2.24, 2.45) is 0 Å². The van der Waals surface area contributed by atoms with E-state index in [4.69, 9.17) is 9.84 Å². The highest BCUT2D eigenvalue weighted by Crippen LogP contribution is 2.41. The average Bonchev–Trinajstić information content (AvgIpc) is 2.50.